The highest BCUT2D eigenvalue weighted by Crippen LogP contribution is 2.21. The lowest BCUT2D eigenvalue weighted by Gasteiger charge is -2.08. The largest absolute Gasteiger partial charge is 0.387 e. The number of aromatic nitrogens is 1. The standard InChI is InChI=1S/C13H15NOS/c1-2-10-5-6-11(14-9-10)8-12(15)13-4-3-7-16-13/h3-7,9,12,15H,2,8H2,1H3. The van der Waals surface area contributed by atoms with Crippen molar-refractivity contribution in [2.75, 3.05) is 0 Å². The molecule has 0 fully saturated rings. The average Bonchev–Trinajstić information content (AvgIpc) is 2.83. The molecule has 2 heterocycles. The van der Waals surface area contributed by atoms with E-state index in [0.29, 0.717) is 6.42 Å². The lowest BCUT2D eigenvalue weighted by Crippen LogP contribution is -2.01. The summed E-state index contributed by atoms with van der Waals surface area (Å²) in [5, 5.41) is 11.9. The van der Waals surface area contributed by atoms with Crippen LogP contribution in [0.25, 0.3) is 0 Å². The number of pyridine rings is 1. The van der Waals surface area contributed by atoms with E-state index in [-0.39, 0.29) is 0 Å². The molecule has 84 valence electrons. The van der Waals surface area contributed by atoms with E-state index in [1.54, 1.807) is 11.3 Å². The first-order valence-electron chi connectivity index (χ1n) is 5.45. The van der Waals surface area contributed by atoms with Crippen molar-refractivity contribution in [2.24, 2.45) is 0 Å². The van der Waals surface area contributed by atoms with Gasteiger partial charge in [-0.25, -0.2) is 0 Å². The molecule has 0 aromatic carbocycles. The molecule has 0 aliphatic carbocycles. The zero-order valence-electron chi connectivity index (χ0n) is 9.26. The summed E-state index contributed by atoms with van der Waals surface area (Å²) in [6.07, 6.45) is 3.04. The van der Waals surface area contributed by atoms with Crippen molar-refractivity contribution in [1.82, 2.24) is 4.98 Å². The van der Waals surface area contributed by atoms with Crippen LogP contribution < -0.4 is 0 Å². The van der Waals surface area contributed by atoms with Gasteiger partial charge in [0.25, 0.3) is 0 Å². The Balaban J connectivity index is 2.03. The smallest absolute Gasteiger partial charge is 0.0937 e. The Kier molecular flexibility index (Phi) is 3.70. The van der Waals surface area contributed by atoms with Crippen molar-refractivity contribution in [3.63, 3.8) is 0 Å². The van der Waals surface area contributed by atoms with Crippen molar-refractivity contribution < 1.29 is 5.11 Å². The van der Waals surface area contributed by atoms with E-state index in [2.05, 4.69) is 18.0 Å². The van der Waals surface area contributed by atoms with Crippen LogP contribution in [0.5, 0.6) is 0 Å². The number of aliphatic hydroxyl groups excluding tert-OH is 1. The fourth-order valence-corrected chi connectivity index (χ4v) is 2.28. The van der Waals surface area contributed by atoms with Crippen LogP contribution in [-0.4, -0.2) is 10.1 Å². The Hall–Kier alpha value is -1.19. The Morgan fingerprint density at radius 2 is 2.25 bits per heavy atom. The molecule has 1 unspecified atom stereocenters. The maximum absolute atomic E-state index is 9.96. The lowest BCUT2D eigenvalue weighted by molar-refractivity contribution is 0.181. The minimum absolute atomic E-state index is 0.431. The maximum atomic E-state index is 9.96. The monoisotopic (exact) mass is 233 g/mol. The number of aryl methyl sites for hydroxylation is 1. The molecule has 0 amide bonds. The Bertz CT molecular complexity index is 422. The molecule has 0 bridgehead atoms. The molecular weight excluding hydrogens is 218 g/mol. The average molecular weight is 233 g/mol. The highest BCUT2D eigenvalue weighted by molar-refractivity contribution is 7.10. The molecule has 1 N–H and O–H groups in total. The first kappa shape index (κ1) is 11.3. The molecule has 0 saturated carbocycles. The molecule has 0 saturated heterocycles. The normalized spacial score (nSPS) is 12.6. The molecule has 0 spiro atoms. The molecule has 2 nitrogen and oxygen atoms in total. The first-order chi connectivity index (χ1) is 7.79. The molecule has 0 aliphatic rings. The SMILES string of the molecule is CCc1ccc(CC(O)c2cccs2)nc1. The maximum Gasteiger partial charge on any atom is 0.0937 e. The second kappa shape index (κ2) is 5.23. The molecule has 16 heavy (non-hydrogen) atoms. The van der Waals surface area contributed by atoms with Gasteiger partial charge in [-0.15, -0.1) is 11.3 Å². The summed E-state index contributed by atoms with van der Waals surface area (Å²) >= 11 is 1.58. The van der Waals surface area contributed by atoms with Crippen molar-refractivity contribution in [3.8, 4) is 0 Å². The molecule has 0 aliphatic heterocycles. The van der Waals surface area contributed by atoms with Crippen LogP contribution in [-0.2, 0) is 12.8 Å². The summed E-state index contributed by atoms with van der Waals surface area (Å²) in [4.78, 5) is 5.35. The van der Waals surface area contributed by atoms with Gasteiger partial charge in [-0.05, 0) is 29.5 Å². The van der Waals surface area contributed by atoms with Gasteiger partial charge in [-0.2, -0.15) is 0 Å². The number of hydrogen-bond acceptors (Lipinski definition) is 3. The predicted octanol–water partition coefficient (Wildman–Crippen LogP) is 2.98. The van der Waals surface area contributed by atoms with Crippen LogP contribution in [0.2, 0.25) is 0 Å². The summed E-state index contributed by atoms with van der Waals surface area (Å²) in [6.45, 7) is 2.11. The van der Waals surface area contributed by atoms with Gasteiger partial charge >= 0.3 is 0 Å². The third-order valence-electron chi connectivity index (χ3n) is 2.57. The predicted molar refractivity (Wildman–Crippen MR) is 66.6 cm³/mol. The Morgan fingerprint density at radius 3 is 2.81 bits per heavy atom. The number of nitrogens with zero attached hydrogens (tertiary/aromatic N) is 1. The van der Waals surface area contributed by atoms with Crippen LogP contribution in [0.4, 0.5) is 0 Å². The van der Waals surface area contributed by atoms with Crippen molar-refractivity contribution in [1.29, 1.82) is 0 Å². The van der Waals surface area contributed by atoms with E-state index in [1.165, 1.54) is 5.56 Å². The van der Waals surface area contributed by atoms with Gasteiger partial charge in [0.05, 0.1) is 6.10 Å². The topological polar surface area (TPSA) is 33.1 Å². The summed E-state index contributed by atoms with van der Waals surface area (Å²) < 4.78 is 0. The van der Waals surface area contributed by atoms with Crippen molar-refractivity contribution in [2.45, 2.75) is 25.9 Å². The second-order valence-corrected chi connectivity index (χ2v) is 4.73. The minimum atomic E-state index is -0.431. The molecule has 2 rings (SSSR count). The van der Waals surface area contributed by atoms with Crippen LogP contribution in [0.15, 0.2) is 35.8 Å². The van der Waals surface area contributed by atoms with Crippen LogP contribution in [0.3, 0.4) is 0 Å². The number of thiophene rings is 1. The zero-order chi connectivity index (χ0) is 11.4. The summed E-state index contributed by atoms with van der Waals surface area (Å²) in [7, 11) is 0. The first-order valence-corrected chi connectivity index (χ1v) is 6.33. The van der Waals surface area contributed by atoms with E-state index in [0.717, 1.165) is 17.0 Å². The zero-order valence-corrected chi connectivity index (χ0v) is 10.1. The Labute approximate surface area is 99.6 Å². The number of hydrogen-bond donors (Lipinski definition) is 1. The molecular formula is C13H15NOS. The second-order valence-electron chi connectivity index (χ2n) is 3.75. The van der Waals surface area contributed by atoms with Gasteiger partial charge in [-0.1, -0.05) is 19.1 Å². The fraction of sp³-hybridized carbons (Fsp3) is 0.308. The van der Waals surface area contributed by atoms with E-state index >= 15 is 0 Å². The van der Waals surface area contributed by atoms with Gasteiger partial charge in [0.1, 0.15) is 0 Å². The van der Waals surface area contributed by atoms with E-state index in [9.17, 15) is 5.11 Å². The van der Waals surface area contributed by atoms with E-state index in [4.69, 9.17) is 0 Å². The fourth-order valence-electron chi connectivity index (χ4n) is 1.56. The van der Waals surface area contributed by atoms with Gasteiger partial charge in [0, 0.05) is 23.2 Å². The third-order valence-corrected chi connectivity index (χ3v) is 3.54. The number of rotatable bonds is 4. The Morgan fingerprint density at radius 1 is 1.38 bits per heavy atom. The molecule has 1 atom stereocenters. The molecule has 2 aromatic rings. The van der Waals surface area contributed by atoms with Crippen LogP contribution >= 0.6 is 11.3 Å². The quantitative estimate of drug-likeness (QED) is 0.880. The highest BCUT2D eigenvalue weighted by atomic mass is 32.1. The van der Waals surface area contributed by atoms with Gasteiger partial charge in [0.15, 0.2) is 0 Å². The van der Waals surface area contributed by atoms with Crippen LogP contribution in [0, 0.1) is 0 Å². The van der Waals surface area contributed by atoms with Crippen molar-refractivity contribution in [3.05, 3.63) is 52.0 Å². The van der Waals surface area contributed by atoms with Crippen LogP contribution in [0.1, 0.15) is 29.2 Å². The van der Waals surface area contributed by atoms with Gasteiger partial charge < -0.3 is 5.11 Å². The van der Waals surface area contributed by atoms with E-state index in [1.807, 2.05) is 29.8 Å². The number of aliphatic hydroxyl groups is 1. The molecule has 3 heteroatoms. The third kappa shape index (κ3) is 2.68. The highest BCUT2D eigenvalue weighted by Gasteiger charge is 2.09. The molecule has 2 aromatic heterocycles. The van der Waals surface area contributed by atoms with Gasteiger partial charge in [0.2, 0.25) is 0 Å². The minimum Gasteiger partial charge on any atom is -0.387 e. The lowest BCUT2D eigenvalue weighted by atomic mass is 10.1. The van der Waals surface area contributed by atoms with Crippen molar-refractivity contribution >= 4 is 11.3 Å². The summed E-state index contributed by atoms with van der Waals surface area (Å²) in [6, 6.07) is 7.98. The van der Waals surface area contributed by atoms with E-state index < -0.39 is 6.10 Å². The summed E-state index contributed by atoms with van der Waals surface area (Å²) in [5.74, 6) is 0. The summed E-state index contributed by atoms with van der Waals surface area (Å²) in [5.41, 5.74) is 2.17. The van der Waals surface area contributed by atoms with Gasteiger partial charge in [-0.3, -0.25) is 4.98 Å². The molecule has 0 radical (unpaired) electrons.